The Balaban J connectivity index is 1.55. The van der Waals surface area contributed by atoms with Crippen molar-refractivity contribution in [2.45, 2.75) is 31.9 Å². The Morgan fingerprint density at radius 1 is 1.42 bits per heavy atom. The quantitative estimate of drug-likeness (QED) is 0.858. The van der Waals surface area contributed by atoms with Crippen LogP contribution in [0.5, 0.6) is 11.5 Å². The van der Waals surface area contributed by atoms with Crippen molar-refractivity contribution in [3.8, 4) is 11.5 Å². The smallest absolute Gasteiger partial charge is 0.251 e. The summed E-state index contributed by atoms with van der Waals surface area (Å²) in [5.41, 5.74) is 0.560. The van der Waals surface area contributed by atoms with E-state index in [0.29, 0.717) is 36.3 Å². The second-order valence-corrected chi connectivity index (χ2v) is 6.26. The molecular weight excluding hydrogens is 308 g/mol. The van der Waals surface area contributed by atoms with Gasteiger partial charge in [-0.1, -0.05) is 0 Å². The number of methoxy groups -OCH3 is 1. The topological polar surface area (TPSA) is 60.0 Å². The van der Waals surface area contributed by atoms with Gasteiger partial charge in [-0.3, -0.25) is 9.69 Å². The second kappa shape index (κ2) is 7.85. The number of hydrogen-bond donors (Lipinski definition) is 1. The predicted octanol–water partition coefficient (Wildman–Crippen LogP) is 1.69. The molecule has 2 heterocycles. The van der Waals surface area contributed by atoms with Crippen molar-refractivity contribution in [2.75, 3.05) is 40.0 Å². The molecule has 0 unspecified atom stereocenters. The molecule has 1 aromatic carbocycles. The summed E-state index contributed by atoms with van der Waals surface area (Å²) in [5.74, 6) is 1.09. The monoisotopic (exact) mass is 334 g/mol. The van der Waals surface area contributed by atoms with Crippen molar-refractivity contribution >= 4 is 5.91 Å². The molecule has 6 heteroatoms. The number of nitrogens with zero attached hydrogens (tertiary/aromatic N) is 1. The number of ether oxygens (including phenoxy) is 3. The van der Waals surface area contributed by atoms with Crippen LogP contribution in [0, 0.1) is 0 Å². The van der Waals surface area contributed by atoms with E-state index in [9.17, 15) is 4.79 Å². The Morgan fingerprint density at radius 2 is 2.29 bits per heavy atom. The minimum atomic E-state index is -0.122. The molecule has 1 N–H and O–H groups in total. The first-order valence-corrected chi connectivity index (χ1v) is 8.66. The summed E-state index contributed by atoms with van der Waals surface area (Å²) in [6.45, 7) is 5.81. The zero-order valence-electron chi connectivity index (χ0n) is 14.4. The first kappa shape index (κ1) is 17.0. The zero-order chi connectivity index (χ0) is 16.9. The highest BCUT2D eigenvalue weighted by atomic mass is 16.5. The fourth-order valence-electron chi connectivity index (χ4n) is 3.40. The van der Waals surface area contributed by atoms with Gasteiger partial charge < -0.3 is 19.5 Å². The first-order valence-electron chi connectivity index (χ1n) is 8.66. The predicted molar refractivity (Wildman–Crippen MR) is 90.8 cm³/mol. The summed E-state index contributed by atoms with van der Waals surface area (Å²) in [5, 5.41) is 2.96. The number of carbonyl (C=O) groups excluding carboxylic acids is 1. The molecule has 2 aliphatic heterocycles. The van der Waals surface area contributed by atoms with E-state index in [4.69, 9.17) is 14.2 Å². The van der Waals surface area contributed by atoms with E-state index in [0.717, 1.165) is 19.7 Å². The molecule has 0 aliphatic carbocycles. The van der Waals surface area contributed by atoms with Gasteiger partial charge in [0.1, 0.15) is 0 Å². The minimum absolute atomic E-state index is 0.0629. The molecule has 1 aromatic rings. The number of amides is 1. The molecule has 0 saturated carbocycles. The van der Waals surface area contributed by atoms with Gasteiger partial charge >= 0.3 is 0 Å². The molecule has 2 fully saturated rings. The van der Waals surface area contributed by atoms with Gasteiger partial charge in [0.25, 0.3) is 5.91 Å². The fraction of sp³-hybridized carbons (Fsp3) is 0.611. The lowest BCUT2D eigenvalue weighted by Crippen LogP contribution is -2.50. The summed E-state index contributed by atoms with van der Waals surface area (Å²) in [6, 6.07) is 5.80. The van der Waals surface area contributed by atoms with E-state index in [1.165, 1.54) is 12.8 Å². The van der Waals surface area contributed by atoms with Gasteiger partial charge in [0.15, 0.2) is 11.5 Å². The molecule has 0 spiro atoms. The number of nitrogens with one attached hydrogen (secondary N) is 1. The second-order valence-electron chi connectivity index (χ2n) is 6.26. The molecule has 1 amide bonds. The highest BCUT2D eigenvalue weighted by Gasteiger charge is 2.32. The summed E-state index contributed by atoms with van der Waals surface area (Å²) >= 11 is 0. The third-order valence-corrected chi connectivity index (χ3v) is 4.68. The van der Waals surface area contributed by atoms with Crippen molar-refractivity contribution < 1.29 is 19.0 Å². The summed E-state index contributed by atoms with van der Waals surface area (Å²) < 4.78 is 16.6. The Bertz CT molecular complexity index is 578. The van der Waals surface area contributed by atoms with Gasteiger partial charge in [0.2, 0.25) is 0 Å². The summed E-state index contributed by atoms with van der Waals surface area (Å²) in [7, 11) is 1.57. The molecule has 0 radical (unpaired) electrons. The fourth-order valence-corrected chi connectivity index (χ4v) is 3.40. The SMILES string of the molecule is CCOc1ccc(C(=O)NC[C@@H]2CN3CCC[C@@H]3CO2)cc1OC. The Hall–Kier alpha value is -1.79. The lowest BCUT2D eigenvalue weighted by Gasteiger charge is -2.35. The number of morpholine rings is 1. The third-order valence-electron chi connectivity index (χ3n) is 4.68. The average molecular weight is 334 g/mol. The lowest BCUT2D eigenvalue weighted by molar-refractivity contribution is -0.0461. The van der Waals surface area contributed by atoms with E-state index in [-0.39, 0.29) is 12.0 Å². The van der Waals surface area contributed by atoms with Gasteiger partial charge in [-0.25, -0.2) is 0 Å². The molecule has 0 aromatic heterocycles. The van der Waals surface area contributed by atoms with Gasteiger partial charge in [-0.2, -0.15) is 0 Å². The van der Waals surface area contributed by atoms with Crippen LogP contribution in [-0.2, 0) is 4.74 Å². The summed E-state index contributed by atoms with van der Waals surface area (Å²) in [4.78, 5) is 14.8. The highest BCUT2D eigenvalue weighted by Crippen LogP contribution is 2.28. The van der Waals surface area contributed by atoms with E-state index in [2.05, 4.69) is 10.2 Å². The van der Waals surface area contributed by atoms with E-state index in [1.54, 1.807) is 25.3 Å². The van der Waals surface area contributed by atoms with Crippen LogP contribution in [-0.4, -0.2) is 62.9 Å². The van der Waals surface area contributed by atoms with Crippen LogP contribution >= 0.6 is 0 Å². The van der Waals surface area contributed by atoms with E-state index < -0.39 is 0 Å². The lowest BCUT2D eigenvalue weighted by atomic mass is 10.1. The molecule has 2 atom stereocenters. The number of hydrogen-bond acceptors (Lipinski definition) is 5. The number of carbonyl (C=O) groups is 1. The molecule has 2 aliphatic rings. The van der Waals surface area contributed by atoms with E-state index >= 15 is 0 Å². The molecule has 0 bridgehead atoms. The van der Waals surface area contributed by atoms with Crippen LogP contribution in [0.4, 0.5) is 0 Å². The zero-order valence-corrected chi connectivity index (χ0v) is 14.4. The third kappa shape index (κ3) is 3.82. The van der Waals surface area contributed by atoms with Gasteiger partial charge in [0, 0.05) is 24.7 Å². The Kier molecular flexibility index (Phi) is 5.58. The number of rotatable bonds is 6. The van der Waals surface area contributed by atoms with Crippen LogP contribution < -0.4 is 14.8 Å². The van der Waals surface area contributed by atoms with Crippen molar-refractivity contribution in [3.05, 3.63) is 23.8 Å². The maximum atomic E-state index is 12.4. The normalized spacial score (nSPS) is 23.6. The summed E-state index contributed by atoms with van der Waals surface area (Å²) in [6.07, 6.45) is 2.54. The molecule has 3 rings (SSSR count). The maximum Gasteiger partial charge on any atom is 0.251 e. The van der Waals surface area contributed by atoms with Crippen molar-refractivity contribution in [1.82, 2.24) is 10.2 Å². The van der Waals surface area contributed by atoms with Crippen molar-refractivity contribution in [3.63, 3.8) is 0 Å². The van der Waals surface area contributed by atoms with Gasteiger partial charge in [-0.05, 0) is 44.5 Å². The molecular formula is C18H26N2O4. The Labute approximate surface area is 143 Å². The molecule has 6 nitrogen and oxygen atoms in total. The van der Waals surface area contributed by atoms with Crippen molar-refractivity contribution in [2.24, 2.45) is 0 Å². The standard InChI is InChI=1S/C18H26N2O4/c1-3-23-16-7-6-13(9-17(16)22-2)18(21)19-10-15-11-20-8-4-5-14(20)12-24-15/h6-7,9,14-15H,3-5,8,10-12H2,1-2H3,(H,19,21)/t14-,15-/m1/s1. The van der Waals surface area contributed by atoms with Crippen LogP contribution in [0.3, 0.4) is 0 Å². The van der Waals surface area contributed by atoms with Gasteiger partial charge in [-0.15, -0.1) is 0 Å². The van der Waals surface area contributed by atoms with Gasteiger partial charge in [0.05, 0.1) is 26.4 Å². The van der Waals surface area contributed by atoms with Crippen LogP contribution in [0.15, 0.2) is 18.2 Å². The van der Waals surface area contributed by atoms with Crippen LogP contribution in [0.2, 0.25) is 0 Å². The minimum Gasteiger partial charge on any atom is -0.493 e. The maximum absolute atomic E-state index is 12.4. The highest BCUT2D eigenvalue weighted by molar-refractivity contribution is 5.94. The van der Waals surface area contributed by atoms with Crippen molar-refractivity contribution in [1.29, 1.82) is 0 Å². The first-order chi connectivity index (χ1) is 11.7. The molecule has 132 valence electrons. The average Bonchev–Trinajstić information content (AvgIpc) is 3.08. The van der Waals surface area contributed by atoms with Crippen LogP contribution in [0.1, 0.15) is 30.1 Å². The number of fused-ring (bicyclic) bond motifs is 1. The van der Waals surface area contributed by atoms with E-state index in [1.807, 2.05) is 6.92 Å². The van der Waals surface area contributed by atoms with Crippen LogP contribution in [0.25, 0.3) is 0 Å². The molecule has 2 saturated heterocycles. The Morgan fingerprint density at radius 3 is 3.08 bits per heavy atom. The largest absolute Gasteiger partial charge is 0.493 e. The number of benzene rings is 1. The molecule has 24 heavy (non-hydrogen) atoms.